The van der Waals surface area contributed by atoms with E-state index in [9.17, 15) is 4.79 Å². The molecule has 0 unspecified atom stereocenters. The first kappa shape index (κ1) is 18.8. The Kier molecular flexibility index (Phi) is 5.23. The maximum Gasteiger partial charge on any atom is 0.254 e. The van der Waals surface area contributed by atoms with E-state index in [1.165, 1.54) is 22.2 Å². The number of carbonyl (C=O) groups excluding carboxylic acids is 1. The molecule has 0 aliphatic carbocycles. The van der Waals surface area contributed by atoms with Gasteiger partial charge < -0.3 is 9.88 Å². The van der Waals surface area contributed by atoms with Gasteiger partial charge in [0.2, 0.25) is 0 Å². The van der Waals surface area contributed by atoms with Gasteiger partial charge in [0.25, 0.3) is 5.91 Å². The Morgan fingerprint density at radius 1 is 1.14 bits per heavy atom. The van der Waals surface area contributed by atoms with Gasteiger partial charge in [-0.2, -0.15) is 0 Å². The lowest BCUT2D eigenvalue weighted by atomic mass is 10.0. The third-order valence-corrected chi connectivity index (χ3v) is 5.89. The molecule has 2 aromatic carbocycles. The van der Waals surface area contributed by atoms with Crippen LogP contribution in [0.25, 0.3) is 10.9 Å². The second-order valence-corrected chi connectivity index (χ2v) is 7.96. The number of amides is 1. The van der Waals surface area contributed by atoms with Crippen LogP contribution in [0.2, 0.25) is 0 Å². The SMILES string of the molecule is CCN(Cc1ccc(C(=O)N2CCc3[nH]c4ccccc4c3C2)cc1)C(C)C. The van der Waals surface area contributed by atoms with Gasteiger partial charge in [-0.05, 0) is 44.2 Å². The average Bonchev–Trinajstić information content (AvgIpc) is 3.09. The lowest BCUT2D eigenvalue weighted by Gasteiger charge is -2.28. The van der Waals surface area contributed by atoms with Crippen LogP contribution in [0.4, 0.5) is 0 Å². The van der Waals surface area contributed by atoms with Crippen LogP contribution in [0.5, 0.6) is 0 Å². The Hall–Kier alpha value is -2.59. The zero-order valence-electron chi connectivity index (χ0n) is 17.0. The van der Waals surface area contributed by atoms with Gasteiger partial charge in [-0.25, -0.2) is 0 Å². The van der Waals surface area contributed by atoms with E-state index in [-0.39, 0.29) is 5.91 Å². The zero-order chi connectivity index (χ0) is 19.7. The summed E-state index contributed by atoms with van der Waals surface area (Å²) in [6.45, 7) is 10.0. The van der Waals surface area contributed by atoms with Crippen LogP contribution in [0.15, 0.2) is 48.5 Å². The Bertz CT molecular complexity index is 971. The Morgan fingerprint density at radius 2 is 1.89 bits per heavy atom. The summed E-state index contributed by atoms with van der Waals surface area (Å²) in [7, 11) is 0. The van der Waals surface area contributed by atoms with Crippen LogP contribution >= 0.6 is 0 Å². The smallest absolute Gasteiger partial charge is 0.254 e. The van der Waals surface area contributed by atoms with Crippen molar-refractivity contribution in [2.45, 2.75) is 46.3 Å². The van der Waals surface area contributed by atoms with Crippen molar-refractivity contribution in [2.24, 2.45) is 0 Å². The van der Waals surface area contributed by atoms with E-state index >= 15 is 0 Å². The fraction of sp³-hybridized carbons (Fsp3) is 0.375. The summed E-state index contributed by atoms with van der Waals surface area (Å²) in [5, 5.41) is 1.23. The van der Waals surface area contributed by atoms with Crippen LogP contribution in [-0.2, 0) is 19.5 Å². The number of para-hydroxylation sites is 1. The van der Waals surface area contributed by atoms with Crippen LogP contribution in [0, 0.1) is 0 Å². The van der Waals surface area contributed by atoms with Gasteiger partial charge >= 0.3 is 0 Å². The molecule has 146 valence electrons. The molecule has 1 N–H and O–H groups in total. The van der Waals surface area contributed by atoms with Crippen molar-refractivity contribution in [1.29, 1.82) is 0 Å². The summed E-state index contributed by atoms with van der Waals surface area (Å²) in [6, 6.07) is 17.0. The molecule has 4 heteroatoms. The van der Waals surface area contributed by atoms with E-state index in [2.05, 4.69) is 61.0 Å². The Labute approximate surface area is 167 Å². The number of benzene rings is 2. The number of aromatic amines is 1. The molecule has 0 saturated heterocycles. The largest absolute Gasteiger partial charge is 0.358 e. The number of nitrogens with zero attached hydrogens (tertiary/aromatic N) is 2. The second-order valence-electron chi connectivity index (χ2n) is 7.96. The van der Waals surface area contributed by atoms with Gasteiger partial charge in [0.05, 0.1) is 0 Å². The van der Waals surface area contributed by atoms with Gasteiger partial charge in [-0.3, -0.25) is 9.69 Å². The minimum absolute atomic E-state index is 0.124. The van der Waals surface area contributed by atoms with E-state index in [0.717, 1.165) is 37.1 Å². The van der Waals surface area contributed by atoms with Crippen molar-refractivity contribution >= 4 is 16.8 Å². The third-order valence-electron chi connectivity index (χ3n) is 5.89. The normalized spacial score (nSPS) is 14.1. The lowest BCUT2D eigenvalue weighted by molar-refractivity contribution is 0.0735. The molecule has 0 spiro atoms. The molecule has 1 aliphatic heterocycles. The first-order valence-corrected chi connectivity index (χ1v) is 10.3. The number of nitrogens with one attached hydrogen (secondary N) is 1. The molecule has 28 heavy (non-hydrogen) atoms. The molecule has 1 amide bonds. The summed E-state index contributed by atoms with van der Waals surface area (Å²) >= 11 is 0. The van der Waals surface area contributed by atoms with Crippen molar-refractivity contribution in [2.75, 3.05) is 13.1 Å². The van der Waals surface area contributed by atoms with Crippen molar-refractivity contribution < 1.29 is 4.79 Å². The molecule has 1 aliphatic rings. The Morgan fingerprint density at radius 3 is 2.61 bits per heavy atom. The molecule has 0 atom stereocenters. The number of rotatable bonds is 5. The maximum absolute atomic E-state index is 13.1. The molecule has 3 aromatic rings. The first-order valence-electron chi connectivity index (χ1n) is 10.3. The molecule has 0 bridgehead atoms. The molecular weight excluding hydrogens is 346 g/mol. The van der Waals surface area contributed by atoms with E-state index < -0.39 is 0 Å². The standard InChI is InChI=1S/C24H29N3O/c1-4-26(17(2)3)15-18-9-11-19(12-10-18)24(28)27-14-13-23-21(16-27)20-7-5-6-8-22(20)25-23/h5-12,17,25H,4,13-16H2,1-3H3. The monoisotopic (exact) mass is 375 g/mol. The average molecular weight is 376 g/mol. The van der Waals surface area contributed by atoms with Crippen molar-refractivity contribution in [3.05, 3.63) is 70.9 Å². The molecule has 2 heterocycles. The molecule has 4 nitrogen and oxygen atoms in total. The van der Waals surface area contributed by atoms with Gasteiger partial charge in [0, 0.05) is 59.8 Å². The number of fused-ring (bicyclic) bond motifs is 3. The van der Waals surface area contributed by atoms with Crippen LogP contribution < -0.4 is 0 Å². The lowest BCUT2D eigenvalue weighted by Crippen LogP contribution is -2.35. The number of H-pyrrole nitrogens is 1. The fourth-order valence-corrected chi connectivity index (χ4v) is 4.17. The van der Waals surface area contributed by atoms with Crippen LogP contribution in [0.1, 0.15) is 48.0 Å². The van der Waals surface area contributed by atoms with Gasteiger partial charge in [0.1, 0.15) is 0 Å². The van der Waals surface area contributed by atoms with Crippen LogP contribution in [0.3, 0.4) is 0 Å². The van der Waals surface area contributed by atoms with E-state index in [1.807, 2.05) is 23.1 Å². The summed E-state index contributed by atoms with van der Waals surface area (Å²) in [4.78, 5) is 21.0. The maximum atomic E-state index is 13.1. The molecular formula is C24H29N3O. The van der Waals surface area contributed by atoms with Crippen molar-refractivity contribution in [3.63, 3.8) is 0 Å². The molecule has 0 fully saturated rings. The number of hydrogen-bond donors (Lipinski definition) is 1. The summed E-state index contributed by atoms with van der Waals surface area (Å²) in [6.07, 6.45) is 0.883. The Balaban J connectivity index is 1.49. The minimum Gasteiger partial charge on any atom is -0.358 e. The van der Waals surface area contributed by atoms with Crippen LogP contribution in [-0.4, -0.2) is 39.8 Å². The molecule has 0 saturated carbocycles. The highest BCUT2D eigenvalue weighted by atomic mass is 16.2. The second kappa shape index (κ2) is 7.80. The van der Waals surface area contributed by atoms with E-state index in [0.29, 0.717) is 12.6 Å². The van der Waals surface area contributed by atoms with E-state index in [4.69, 9.17) is 0 Å². The molecule has 4 rings (SSSR count). The summed E-state index contributed by atoms with van der Waals surface area (Å²) in [5.41, 5.74) is 5.73. The highest BCUT2D eigenvalue weighted by Crippen LogP contribution is 2.28. The predicted molar refractivity (Wildman–Crippen MR) is 114 cm³/mol. The number of aromatic nitrogens is 1. The van der Waals surface area contributed by atoms with Gasteiger partial charge in [0.15, 0.2) is 0 Å². The fourth-order valence-electron chi connectivity index (χ4n) is 4.17. The molecule has 1 aromatic heterocycles. The number of carbonyl (C=O) groups is 1. The molecule has 0 radical (unpaired) electrons. The van der Waals surface area contributed by atoms with E-state index in [1.54, 1.807) is 0 Å². The summed E-state index contributed by atoms with van der Waals surface area (Å²) in [5.74, 6) is 0.124. The van der Waals surface area contributed by atoms with Crippen molar-refractivity contribution in [1.82, 2.24) is 14.8 Å². The summed E-state index contributed by atoms with van der Waals surface area (Å²) < 4.78 is 0. The third kappa shape index (κ3) is 3.57. The highest BCUT2D eigenvalue weighted by Gasteiger charge is 2.24. The number of hydrogen-bond acceptors (Lipinski definition) is 2. The highest BCUT2D eigenvalue weighted by molar-refractivity contribution is 5.95. The quantitative estimate of drug-likeness (QED) is 0.708. The van der Waals surface area contributed by atoms with Gasteiger partial charge in [-0.15, -0.1) is 0 Å². The predicted octanol–water partition coefficient (Wildman–Crippen LogP) is 4.60. The first-order chi connectivity index (χ1) is 13.6. The minimum atomic E-state index is 0.124. The van der Waals surface area contributed by atoms with Crippen molar-refractivity contribution in [3.8, 4) is 0 Å². The zero-order valence-corrected chi connectivity index (χ0v) is 17.0. The van der Waals surface area contributed by atoms with Gasteiger partial charge in [-0.1, -0.05) is 37.3 Å². The topological polar surface area (TPSA) is 39.3 Å².